The number of nitrogens with zero attached hydrogens (tertiary/aromatic N) is 3. The number of halogens is 1. The highest BCUT2D eigenvalue weighted by Gasteiger charge is 2.15. The molecule has 2 aromatic rings. The molecule has 0 aliphatic rings. The molecule has 0 aliphatic heterocycles. The van der Waals surface area contributed by atoms with Crippen LogP contribution in [0.15, 0.2) is 22.8 Å². The first-order valence-electron chi connectivity index (χ1n) is 5.17. The maximum Gasteiger partial charge on any atom is 0.212 e. The molecule has 0 spiro atoms. The summed E-state index contributed by atoms with van der Waals surface area (Å²) in [5.41, 5.74) is 3.24. The fraction of sp³-hybridized carbons (Fsp3) is 0.250. The largest absolute Gasteiger partial charge is 0.287 e. The van der Waals surface area contributed by atoms with Gasteiger partial charge >= 0.3 is 0 Å². The topological polar surface area (TPSA) is 47.8 Å². The van der Waals surface area contributed by atoms with Crippen molar-refractivity contribution < 1.29 is 4.79 Å². The van der Waals surface area contributed by atoms with Crippen molar-refractivity contribution >= 4 is 21.7 Å². The van der Waals surface area contributed by atoms with Crippen LogP contribution in [0.2, 0.25) is 0 Å². The molecule has 1 heterocycles. The number of hydrogen-bond donors (Lipinski definition) is 0. The normalized spacial score (nSPS) is 10.6. The molecule has 0 unspecified atom stereocenters. The molecule has 1 aromatic carbocycles. The summed E-state index contributed by atoms with van der Waals surface area (Å²) >= 11 is 3.48. The predicted octanol–water partition coefficient (Wildman–Crippen LogP) is 2.43. The Balaban J connectivity index is 2.49. The van der Waals surface area contributed by atoms with Gasteiger partial charge in [0.2, 0.25) is 5.78 Å². The smallest absolute Gasteiger partial charge is 0.212 e. The first-order chi connectivity index (χ1) is 8.00. The molecule has 1 aromatic heterocycles. The number of ketones is 1. The second-order valence-corrected chi connectivity index (χ2v) is 4.79. The van der Waals surface area contributed by atoms with Gasteiger partial charge in [-0.15, -0.1) is 5.10 Å². The average molecular weight is 294 g/mol. The summed E-state index contributed by atoms with van der Waals surface area (Å²) in [6.45, 7) is 3.94. The summed E-state index contributed by atoms with van der Waals surface area (Å²) in [5.74, 6) is -0.0591. The van der Waals surface area contributed by atoms with Crippen LogP contribution >= 0.6 is 15.9 Å². The molecule has 0 aliphatic carbocycles. The van der Waals surface area contributed by atoms with E-state index in [0.29, 0.717) is 11.3 Å². The van der Waals surface area contributed by atoms with Crippen LogP contribution in [0, 0.1) is 13.8 Å². The van der Waals surface area contributed by atoms with E-state index in [0.717, 1.165) is 15.6 Å². The van der Waals surface area contributed by atoms with Gasteiger partial charge in [0.05, 0.1) is 6.20 Å². The van der Waals surface area contributed by atoms with Gasteiger partial charge in [0.1, 0.15) is 5.69 Å². The van der Waals surface area contributed by atoms with Gasteiger partial charge in [0.25, 0.3) is 0 Å². The number of carbonyl (C=O) groups excluding carboxylic acids is 1. The molecule has 0 fully saturated rings. The minimum Gasteiger partial charge on any atom is -0.287 e. The molecule has 88 valence electrons. The van der Waals surface area contributed by atoms with Gasteiger partial charge in [0.15, 0.2) is 0 Å². The van der Waals surface area contributed by atoms with Crippen molar-refractivity contribution in [2.24, 2.45) is 7.05 Å². The first kappa shape index (κ1) is 12.0. The Kier molecular flexibility index (Phi) is 3.11. The Labute approximate surface area is 108 Å². The average Bonchev–Trinajstić information content (AvgIpc) is 2.70. The zero-order valence-electron chi connectivity index (χ0n) is 9.86. The lowest BCUT2D eigenvalue weighted by atomic mass is 10.0. The van der Waals surface area contributed by atoms with Gasteiger partial charge in [0, 0.05) is 17.1 Å². The minimum absolute atomic E-state index is 0.0591. The zero-order chi connectivity index (χ0) is 12.6. The van der Waals surface area contributed by atoms with E-state index in [9.17, 15) is 4.79 Å². The third-order valence-electron chi connectivity index (χ3n) is 2.65. The van der Waals surface area contributed by atoms with Gasteiger partial charge in [-0.1, -0.05) is 21.1 Å². The van der Waals surface area contributed by atoms with E-state index in [-0.39, 0.29) is 5.78 Å². The van der Waals surface area contributed by atoms with Gasteiger partial charge < -0.3 is 0 Å². The minimum atomic E-state index is -0.0591. The first-order valence-corrected chi connectivity index (χ1v) is 5.96. The van der Waals surface area contributed by atoms with Gasteiger partial charge in [-0.2, -0.15) is 0 Å². The van der Waals surface area contributed by atoms with Gasteiger partial charge in [-0.05, 0) is 37.1 Å². The van der Waals surface area contributed by atoms with Crippen LogP contribution in [0.4, 0.5) is 0 Å². The SMILES string of the molecule is Cc1cc(C(=O)c2cnnn2C)cc(C)c1Br. The summed E-state index contributed by atoms with van der Waals surface area (Å²) < 4.78 is 2.52. The standard InChI is InChI=1S/C12H12BrN3O/c1-7-4-9(5-8(2)11(7)13)12(17)10-6-14-15-16(10)3/h4-6H,1-3H3. The van der Waals surface area contributed by atoms with Crippen molar-refractivity contribution in [3.63, 3.8) is 0 Å². The van der Waals surface area contributed by atoms with Crippen molar-refractivity contribution in [3.05, 3.63) is 45.2 Å². The maximum atomic E-state index is 12.2. The van der Waals surface area contributed by atoms with Crippen LogP contribution < -0.4 is 0 Å². The Morgan fingerprint density at radius 1 is 1.29 bits per heavy atom. The lowest BCUT2D eigenvalue weighted by molar-refractivity contribution is 0.103. The molecular formula is C12H12BrN3O. The van der Waals surface area contributed by atoms with Crippen LogP contribution in [0.5, 0.6) is 0 Å². The second kappa shape index (κ2) is 4.41. The van der Waals surface area contributed by atoms with Crippen molar-refractivity contribution in [1.82, 2.24) is 15.0 Å². The second-order valence-electron chi connectivity index (χ2n) is 4.00. The monoisotopic (exact) mass is 293 g/mol. The van der Waals surface area contributed by atoms with E-state index in [1.165, 1.54) is 10.9 Å². The number of aryl methyl sites for hydroxylation is 3. The summed E-state index contributed by atoms with van der Waals surface area (Å²) in [6, 6.07) is 3.73. The summed E-state index contributed by atoms with van der Waals surface area (Å²) in [4.78, 5) is 12.2. The number of carbonyl (C=O) groups is 1. The molecule has 2 rings (SSSR count). The number of benzene rings is 1. The number of hydrogen-bond acceptors (Lipinski definition) is 3. The Morgan fingerprint density at radius 2 is 1.88 bits per heavy atom. The third-order valence-corrected chi connectivity index (χ3v) is 3.90. The van der Waals surface area contributed by atoms with Crippen LogP contribution in [-0.4, -0.2) is 20.8 Å². The van der Waals surface area contributed by atoms with Crippen molar-refractivity contribution in [1.29, 1.82) is 0 Å². The van der Waals surface area contributed by atoms with Crippen LogP contribution in [0.25, 0.3) is 0 Å². The summed E-state index contributed by atoms with van der Waals surface area (Å²) in [7, 11) is 1.71. The molecule has 0 radical (unpaired) electrons. The third kappa shape index (κ3) is 2.15. The number of aromatic nitrogens is 3. The molecule has 5 heteroatoms. The molecule has 4 nitrogen and oxygen atoms in total. The molecule has 0 N–H and O–H groups in total. The maximum absolute atomic E-state index is 12.2. The molecule has 0 saturated carbocycles. The fourth-order valence-corrected chi connectivity index (χ4v) is 1.95. The van der Waals surface area contributed by atoms with Crippen molar-refractivity contribution in [2.45, 2.75) is 13.8 Å². The van der Waals surface area contributed by atoms with Crippen molar-refractivity contribution in [3.8, 4) is 0 Å². The molecule has 0 saturated heterocycles. The Morgan fingerprint density at radius 3 is 2.35 bits per heavy atom. The molecule has 0 amide bonds. The Bertz CT molecular complexity index is 566. The van der Waals surface area contributed by atoms with Crippen LogP contribution in [0.1, 0.15) is 27.2 Å². The molecule has 17 heavy (non-hydrogen) atoms. The highest BCUT2D eigenvalue weighted by Crippen LogP contribution is 2.23. The highest BCUT2D eigenvalue weighted by atomic mass is 79.9. The predicted molar refractivity (Wildman–Crippen MR) is 68.1 cm³/mol. The van der Waals surface area contributed by atoms with E-state index in [4.69, 9.17) is 0 Å². The van der Waals surface area contributed by atoms with E-state index in [2.05, 4.69) is 26.2 Å². The molecule has 0 bridgehead atoms. The van der Waals surface area contributed by atoms with E-state index in [1.807, 2.05) is 26.0 Å². The summed E-state index contributed by atoms with van der Waals surface area (Å²) in [6.07, 6.45) is 1.48. The van der Waals surface area contributed by atoms with E-state index in [1.54, 1.807) is 7.05 Å². The molecule has 0 atom stereocenters. The quantitative estimate of drug-likeness (QED) is 0.799. The molecular weight excluding hydrogens is 282 g/mol. The summed E-state index contributed by atoms with van der Waals surface area (Å²) in [5, 5.41) is 7.48. The Hall–Kier alpha value is -1.49. The van der Waals surface area contributed by atoms with Gasteiger partial charge in [-0.25, -0.2) is 4.68 Å². The van der Waals surface area contributed by atoms with Crippen molar-refractivity contribution in [2.75, 3.05) is 0 Å². The van der Waals surface area contributed by atoms with E-state index < -0.39 is 0 Å². The van der Waals surface area contributed by atoms with Crippen LogP contribution in [-0.2, 0) is 7.05 Å². The lowest BCUT2D eigenvalue weighted by Crippen LogP contribution is -2.08. The van der Waals surface area contributed by atoms with E-state index >= 15 is 0 Å². The highest BCUT2D eigenvalue weighted by molar-refractivity contribution is 9.10. The lowest BCUT2D eigenvalue weighted by Gasteiger charge is -2.07. The number of rotatable bonds is 2. The zero-order valence-corrected chi connectivity index (χ0v) is 11.4. The fourth-order valence-electron chi connectivity index (χ4n) is 1.72. The van der Waals surface area contributed by atoms with Gasteiger partial charge in [-0.3, -0.25) is 4.79 Å². The van der Waals surface area contributed by atoms with Crippen LogP contribution in [0.3, 0.4) is 0 Å².